The summed E-state index contributed by atoms with van der Waals surface area (Å²) in [4.78, 5) is 38.7. The summed E-state index contributed by atoms with van der Waals surface area (Å²) in [6.45, 7) is 2.25. The molecule has 3 saturated heterocycles. The van der Waals surface area contributed by atoms with Gasteiger partial charge in [0.15, 0.2) is 12.6 Å². The number of carbonyl (C=O) groups excluding carboxylic acids is 2. The van der Waals surface area contributed by atoms with Crippen molar-refractivity contribution in [1.82, 2.24) is 10.6 Å². The SMILES string of the molecule is CCCCCCCCCCCCCC/C=C\CCCCCCCCCCCC(=O)NC(COC1OC(CO)C(OC2OC(CO)C(O)C(OC3(C(=O)O)CC(O)C(NC(C)=O)C(C(O)C(O)CO)O3)C2O)C(O)C1O)C(O)CCCCCCCCCCCCCCCCCCCCC. The molecule has 98 heavy (non-hydrogen) atoms. The van der Waals surface area contributed by atoms with E-state index < -0.39 is 148 Å². The molecule has 14 N–H and O–H groups in total. The van der Waals surface area contributed by atoms with Crippen LogP contribution in [0.5, 0.6) is 0 Å². The molecule has 0 bridgehead atoms. The van der Waals surface area contributed by atoms with Crippen molar-refractivity contribution < 1.29 is 104 Å². The summed E-state index contributed by atoms with van der Waals surface area (Å²) in [5, 5.41) is 136. The third-order valence-corrected chi connectivity index (χ3v) is 20.0. The predicted molar refractivity (Wildman–Crippen MR) is 375 cm³/mol. The van der Waals surface area contributed by atoms with Gasteiger partial charge in [0.1, 0.15) is 67.1 Å². The number of hydrogen-bond acceptors (Lipinski definition) is 20. The van der Waals surface area contributed by atoms with Gasteiger partial charge < -0.3 is 100 Å². The van der Waals surface area contributed by atoms with Crippen molar-refractivity contribution in [2.24, 2.45) is 0 Å². The average molecular weight is 1410 g/mol. The quantitative estimate of drug-likeness (QED) is 0.0199. The lowest BCUT2D eigenvalue weighted by atomic mass is 9.88. The molecule has 0 radical (unpaired) electrons. The number of carboxylic acids is 1. The van der Waals surface area contributed by atoms with Crippen molar-refractivity contribution in [3.63, 3.8) is 0 Å². The minimum atomic E-state index is -3.08. The van der Waals surface area contributed by atoms with Crippen LogP contribution in [0.15, 0.2) is 12.2 Å². The summed E-state index contributed by atoms with van der Waals surface area (Å²) in [5.41, 5.74) is 0. The van der Waals surface area contributed by atoms with Crippen LogP contribution in [0.25, 0.3) is 0 Å². The number of aliphatic hydroxyl groups is 11. The Kier molecular flexibility index (Phi) is 50.4. The van der Waals surface area contributed by atoms with E-state index in [0.29, 0.717) is 19.3 Å². The van der Waals surface area contributed by atoms with Gasteiger partial charge >= 0.3 is 5.97 Å². The van der Waals surface area contributed by atoms with Crippen LogP contribution >= 0.6 is 0 Å². The van der Waals surface area contributed by atoms with Crippen molar-refractivity contribution in [2.45, 2.75) is 420 Å². The van der Waals surface area contributed by atoms with Gasteiger partial charge in [-0.2, -0.15) is 0 Å². The number of allylic oxidation sites excluding steroid dienone is 2. The molecule has 0 saturated carbocycles. The number of unbranched alkanes of at least 4 members (excludes halogenated alkanes) is 39. The molecule has 0 aromatic heterocycles. The van der Waals surface area contributed by atoms with Crippen LogP contribution in [0.2, 0.25) is 0 Å². The number of hydrogen-bond donors (Lipinski definition) is 14. The maximum Gasteiger partial charge on any atom is 0.364 e. The smallest absolute Gasteiger partial charge is 0.364 e. The molecule has 0 aromatic carbocycles. The summed E-state index contributed by atoms with van der Waals surface area (Å²) in [6.07, 6.45) is 27.7. The fraction of sp³-hybridized carbons (Fsp3) is 0.933. The maximum absolute atomic E-state index is 13.5. The average Bonchev–Trinajstić information content (AvgIpc) is 0.756. The molecule has 3 rings (SSSR count). The lowest BCUT2D eigenvalue weighted by Gasteiger charge is -2.50. The normalized spacial score (nSPS) is 27.3. The molecule has 18 unspecified atom stereocenters. The van der Waals surface area contributed by atoms with Crippen LogP contribution in [0.1, 0.15) is 310 Å². The van der Waals surface area contributed by atoms with Crippen LogP contribution < -0.4 is 10.6 Å². The van der Waals surface area contributed by atoms with Gasteiger partial charge in [-0.3, -0.25) is 9.59 Å². The van der Waals surface area contributed by atoms with Crippen molar-refractivity contribution in [3.8, 4) is 0 Å². The fourth-order valence-electron chi connectivity index (χ4n) is 13.8. The largest absolute Gasteiger partial charge is 0.477 e. The standard InChI is InChI=1S/C75H140N2O21/c1-4-6-8-10-12-14-16-18-20-22-24-25-26-27-28-29-31-33-35-37-39-41-43-45-47-49-62(85)77-56(57(82)48-46-44-42-40-38-36-34-32-30-23-21-19-17-15-13-11-9-7-5-2)54-93-72-67(89)66(88)69(61(53-80)95-72)96-73-68(90)71(65(87)60(52-79)94-73)98-75(74(91)92)50-58(83)63(76-55(3)81)70(97-75)64(86)59(84)51-78/h27-28,56-61,63-73,78-80,82-84,86-90H,4-26,29-54H2,1-3H3,(H,76,81)(H,77,85)(H,91,92)/b28-27-. The first kappa shape index (κ1) is 89.7. The number of aliphatic carboxylic acids is 1. The molecule has 3 aliphatic rings. The number of carboxylic acid groups (broad SMARTS) is 1. The van der Waals surface area contributed by atoms with Crippen LogP contribution in [-0.4, -0.2) is 215 Å². The van der Waals surface area contributed by atoms with Gasteiger partial charge in [-0.15, -0.1) is 0 Å². The molecule has 3 aliphatic heterocycles. The molecule has 18 atom stereocenters. The third kappa shape index (κ3) is 35.8. The molecule has 23 heteroatoms. The number of ether oxygens (including phenoxy) is 6. The van der Waals surface area contributed by atoms with E-state index in [-0.39, 0.29) is 18.9 Å². The highest BCUT2D eigenvalue weighted by molar-refractivity contribution is 5.77. The maximum atomic E-state index is 13.5. The lowest BCUT2D eigenvalue weighted by Crippen LogP contribution is -2.70. The lowest BCUT2D eigenvalue weighted by molar-refractivity contribution is -0.386. The minimum Gasteiger partial charge on any atom is -0.477 e. The summed E-state index contributed by atoms with van der Waals surface area (Å²) in [5.74, 6) is -6.10. The predicted octanol–water partition coefficient (Wildman–Crippen LogP) is 9.41. The number of nitrogens with one attached hydrogen (secondary N) is 2. The Bertz CT molecular complexity index is 2010. The molecule has 0 spiro atoms. The van der Waals surface area contributed by atoms with Crippen molar-refractivity contribution in [1.29, 1.82) is 0 Å². The van der Waals surface area contributed by atoms with Crippen molar-refractivity contribution in [3.05, 3.63) is 12.2 Å². The van der Waals surface area contributed by atoms with E-state index in [4.69, 9.17) is 28.4 Å². The van der Waals surface area contributed by atoms with Gasteiger partial charge in [0.25, 0.3) is 5.79 Å². The Balaban J connectivity index is 1.53. The molecule has 0 aliphatic carbocycles. The Morgan fingerprint density at radius 3 is 1.38 bits per heavy atom. The zero-order valence-electron chi connectivity index (χ0n) is 60.7. The summed E-state index contributed by atoms with van der Waals surface area (Å²) >= 11 is 0. The molecular weight excluding hydrogens is 1260 g/mol. The van der Waals surface area contributed by atoms with Crippen molar-refractivity contribution >= 4 is 17.8 Å². The first-order chi connectivity index (χ1) is 47.4. The number of carbonyl (C=O) groups is 3. The molecular formula is C75H140N2O21. The summed E-state index contributed by atoms with van der Waals surface area (Å²) in [6, 6.07) is -2.53. The molecule has 2 amide bonds. The summed E-state index contributed by atoms with van der Waals surface area (Å²) < 4.78 is 35.0. The van der Waals surface area contributed by atoms with E-state index in [1.54, 1.807) is 0 Å². The van der Waals surface area contributed by atoms with Crippen molar-refractivity contribution in [2.75, 3.05) is 26.4 Å². The Morgan fingerprint density at radius 2 is 0.949 bits per heavy atom. The molecule has 576 valence electrons. The molecule has 0 aromatic rings. The fourth-order valence-corrected chi connectivity index (χ4v) is 13.8. The highest BCUT2D eigenvalue weighted by Gasteiger charge is 2.60. The highest BCUT2D eigenvalue weighted by atomic mass is 16.8. The molecule has 3 fully saturated rings. The molecule has 3 heterocycles. The van der Waals surface area contributed by atoms with E-state index >= 15 is 0 Å². The zero-order chi connectivity index (χ0) is 71.8. The number of aliphatic hydroxyl groups excluding tert-OH is 11. The summed E-state index contributed by atoms with van der Waals surface area (Å²) in [7, 11) is 0. The van der Waals surface area contributed by atoms with E-state index in [9.17, 15) is 75.7 Å². The van der Waals surface area contributed by atoms with Crippen LogP contribution in [-0.2, 0) is 42.8 Å². The Hall–Kier alpha value is -2.53. The topological polar surface area (TPSA) is 373 Å². The Labute approximate surface area is 588 Å². The van der Waals surface area contributed by atoms with E-state index in [0.717, 1.165) is 64.7 Å². The number of rotatable bonds is 61. The van der Waals surface area contributed by atoms with Gasteiger partial charge in [0.05, 0.1) is 50.7 Å². The Morgan fingerprint density at radius 1 is 0.520 bits per heavy atom. The van der Waals surface area contributed by atoms with Gasteiger partial charge in [0.2, 0.25) is 11.8 Å². The van der Waals surface area contributed by atoms with E-state index in [2.05, 4.69) is 36.6 Å². The van der Waals surface area contributed by atoms with Crippen LogP contribution in [0, 0.1) is 0 Å². The number of amides is 2. The second-order valence-electron chi connectivity index (χ2n) is 28.6. The van der Waals surface area contributed by atoms with Gasteiger partial charge in [0, 0.05) is 19.8 Å². The van der Waals surface area contributed by atoms with Gasteiger partial charge in [-0.25, -0.2) is 4.79 Å². The van der Waals surface area contributed by atoms with E-state index in [1.165, 1.54) is 199 Å². The third-order valence-electron chi connectivity index (χ3n) is 20.0. The second-order valence-corrected chi connectivity index (χ2v) is 28.6. The first-order valence-corrected chi connectivity index (χ1v) is 39.0. The van der Waals surface area contributed by atoms with Gasteiger partial charge in [-0.05, 0) is 38.5 Å². The van der Waals surface area contributed by atoms with Crippen LogP contribution in [0.3, 0.4) is 0 Å². The van der Waals surface area contributed by atoms with Crippen LogP contribution in [0.4, 0.5) is 0 Å². The minimum absolute atomic E-state index is 0.223. The second kappa shape index (κ2) is 55.0. The molecule has 23 nitrogen and oxygen atoms in total. The van der Waals surface area contributed by atoms with Gasteiger partial charge in [-0.1, -0.05) is 264 Å². The highest BCUT2D eigenvalue weighted by Crippen LogP contribution is 2.39. The zero-order valence-corrected chi connectivity index (χ0v) is 60.7. The monoisotopic (exact) mass is 1400 g/mol. The first-order valence-electron chi connectivity index (χ1n) is 39.0. The van der Waals surface area contributed by atoms with E-state index in [1.807, 2.05) is 0 Å².